The minimum atomic E-state index is 0.291. The summed E-state index contributed by atoms with van der Waals surface area (Å²) in [4.78, 5) is 0. The number of hydrogen-bond acceptors (Lipinski definition) is 2. The molecule has 0 radical (unpaired) electrons. The third-order valence-corrected chi connectivity index (χ3v) is 3.88. The minimum absolute atomic E-state index is 0.291. The van der Waals surface area contributed by atoms with Crippen molar-refractivity contribution in [3.05, 3.63) is 52.3 Å². The van der Waals surface area contributed by atoms with E-state index in [0.717, 1.165) is 16.7 Å². The first-order valence-corrected chi connectivity index (χ1v) is 7.39. The van der Waals surface area contributed by atoms with E-state index in [1.165, 1.54) is 5.56 Å². The van der Waals surface area contributed by atoms with E-state index < -0.39 is 0 Å². The number of nitrogens with one attached hydrogen (secondary N) is 1. The van der Waals surface area contributed by atoms with Crippen molar-refractivity contribution in [3.63, 3.8) is 0 Å². The maximum atomic E-state index is 4.54. The Labute approximate surface area is 123 Å². The Kier molecular flexibility index (Phi) is 4.77. The van der Waals surface area contributed by atoms with E-state index in [1.807, 2.05) is 16.9 Å². The van der Waals surface area contributed by atoms with Crippen molar-refractivity contribution >= 4 is 15.9 Å². The molecule has 1 N–H and O–H groups in total. The van der Waals surface area contributed by atoms with Gasteiger partial charge in [0.2, 0.25) is 0 Å². The lowest BCUT2D eigenvalue weighted by Crippen LogP contribution is -2.19. The van der Waals surface area contributed by atoms with Gasteiger partial charge in [-0.2, -0.15) is 5.10 Å². The van der Waals surface area contributed by atoms with Crippen molar-refractivity contribution in [1.29, 1.82) is 0 Å². The molecular weight excluding hydrogens is 302 g/mol. The summed E-state index contributed by atoms with van der Waals surface area (Å²) in [6, 6.07) is 11.1. The summed E-state index contributed by atoms with van der Waals surface area (Å²) in [6.45, 7) is 7.21. The summed E-state index contributed by atoms with van der Waals surface area (Å²) in [7, 11) is 0. The second-order valence-corrected chi connectivity index (χ2v) is 5.86. The topological polar surface area (TPSA) is 29.9 Å². The normalized spacial score (nSPS) is 12.9. The summed E-state index contributed by atoms with van der Waals surface area (Å²) in [6.07, 6.45) is 2.03. The molecule has 0 fully saturated rings. The average molecular weight is 322 g/mol. The number of hydrogen-bond donors (Lipinski definition) is 1. The van der Waals surface area contributed by atoms with E-state index in [1.54, 1.807) is 0 Å². The molecule has 4 heteroatoms. The van der Waals surface area contributed by atoms with E-state index >= 15 is 0 Å². The van der Waals surface area contributed by atoms with Crippen LogP contribution in [0.25, 0.3) is 0 Å². The van der Waals surface area contributed by atoms with Gasteiger partial charge < -0.3 is 5.32 Å². The van der Waals surface area contributed by atoms with Crippen LogP contribution >= 0.6 is 15.9 Å². The van der Waals surface area contributed by atoms with Crippen LogP contribution in [0.5, 0.6) is 0 Å². The molecule has 19 heavy (non-hydrogen) atoms. The van der Waals surface area contributed by atoms with Gasteiger partial charge in [0.1, 0.15) is 0 Å². The van der Waals surface area contributed by atoms with E-state index in [0.29, 0.717) is 12.1 Å². The van der Waals surface area contributed by atoms with Gasteiger partial charge in [-0.05, 0) is 38.5 Å². The molecule has 0 saturated carbocycles. The molecular formula is C15H20BrN3. The molecule has 0 saturated heterocycles. The fraction of sp³-hybridized carbons (Fsp3) is 0.400. The maximum Gasteiger partial charge on any atom is 0.0762 e. The summed E-state index contributed by atoms with van der Waals surface area (Å²) >= 11 is 3.59. The van der Waals surface area contributed by atoms with Crippen LogP contribution in [0.2, 0.25) is 0 Å². The highest BCUT2D eigenvalue weighted by molar-refractivity contribution is 9.10. The van der Waals surface area contributed by atoms with E-state index in [-0.39, 0.29) is 0 Å². The van der Waals surface area contributed by atoms with Crippen LogP contribution in [0.3, 0.4) is 0 Å². The van der Waals surface area contributed by atoms with Gasteiger partial charge in [0, 0.05) is 29.3 Å². The molecule has 0 bridgehead atoms. The van der Waals surface area contributed by atoms with E-state index in [2.05, 4.69) is 71.4 Å². The largest absolute Gasteiger partial charge is 0.304 e. The van der Waals surface area contributed by atoms with Gasteiger partial charge >= 0.3 is 0 Å². The first-order chi connectivity index (χ1) is 9.08. The first kappa shape index (κ1) is 14.3. The Bertz CT molecular complexity index is 534. The molecule has 3 nitrogen and oxygen atoms in total. The third kappa shape index (κ3) is 3.67. The Hall–Kier alpha value is -1.13. The highest BCUT2D eigenvalue weighted by atomic mass is 79.9. The molecule has 0 aliphatic carbocycles. The molecule has 0 amide bonds. The highest BCUT2D eigenvalue weighted by Crippen LogP contribution is 2.22. The van der Waals surface area contributed by atoms with Gasteiger partial charge in [-0.15, -0.1) is 0 Å². The SMILES string of the molecule is CC(C)n1ccc(CN[C@@H](C)c2ccccc2Br)n1. The quantitative estimate of drug-likeness (QED) is 0.899. The minimum Gasteiger partial charge on any atom is -0.304 e. The van der Waals surface area contributed by atoms with E-state index in [4.69, 9.17) is 0 Å². The lowest BCUT2D eigenvalue weighted by Gasteiger charge is -2.15. The molecule has 0 aliphatic rings. The highest BCUT2D eigenvalue weighted by Gasteiger charge is 2.09. The molecule has 0 unspecified atom stereocenters. The van der Waals surface area contributed by atoms with Crippen LogP contribution in [-0.2, 0) is 6.54 Å². The lowest BCUT2D eigenvalue weighted by molar-refractivity contribution is 0.511. The van der Waals surface area contributed by atoms with Gasteiger partial charge in [-0.1, -0.05) is 34.1 Å². The lowest BCUT2D eigenvalue weighted by atomic mass is 10.1. The molecule has 1 aromatic heterocycles. The Morgan fingerprint density at radius 3 is 2.58 bits per heavy atom. The number of rotatable bonds is 5. The number of nitrogens with zero attached hydrogens (tertiary/aromatic N) is 2. The fourth-order valence-corrected chi connectivity index (χ4v) is 2.58. The van der Waals surface area contributed by atoms with Crippen molar-refractivity contribution in [3.8, 4) is 0 Å². The summed E-state index contributed by atoms with van der Waals surface area (Å²) in [5, 5.41) is 8.04. The predicted molar refractivity (Wildman–Crippen MR) is 82.0 cm³/mol. The molecule has 102 valence electrons. The molecule has 1 heterocycles. The second-order valence-electron chi connectivity index (χ2n) is 5.00. The van der Waals surface area contributed by atoms with Gasteiger partial charge in [0.15, 0.2) is 0 Å². The van der Waals surface area contributed by atoms with Crippen LogP contribution in [0, 0.1) is 0 Å². The van der Waals surface area contributed by atoms with E-state index in [9.17, 15) is 0 Å². The maximum absolute atomic E-state index is 4.54. The first-order valence-electron chi connectivity index (χ1n) is 6.59. The van der Waals surface area contributed by atoms with Crippen molar-refractivity contribution in [2.24, 2.45) is 0 Å². The van der Waals surface area contributed by atoms with Crippen LogP contribution < -0.4 is 5.32 Å². The van der Waals surface area contributed by atoms with Gasteiger partial charge in [-0.25, -0.2) is 0 Å². The molecule has 1 atom stereocenters. The zero-order valence-corrected chi connectivity index (χ0v) is 13.2. The van der Waals surface area contributed by atoms with Crippen molar-refractivity contribution < 1.29 is 0 Å². The molecule has 0 spiro atoms. The van der Waals surface area contributed by atoms with Crippen molar-refractivity contribution in [2.45, 2.75) is 39.4 Å². The smallest absolute Gasteiger partial charge is 0.0762 e. The average Bonchev–Trinajstić information content (AvgIpc) is 2.85. The molecule has 2 rings (SSSR count). The summed E-state index contributed by atoms with van der Waals surface area (Å²) in [5.41, 5.74) is 2.35. The molecule has 2 aromatic rings. The Morgan fingerprint density at radius 2 is 1.95 bits per heavy atom. The zero-order chi connectivity index (χ0) is 13.8. The summed E-state index contributed by atoms with van der Waals surface area (Å²) < 4.78 is 3.13. The van der Waals surface area contributed by atoms with Crippen LogP contribution in [0.15, 0.2) is 41.0 Å². The van der Waals surface area contributed by atoms with Crippen LogP contribution in [0.1, 0.15) is 44.1 Å². The summed E-state index contributed by atoms with van der Waals surface area (Å²) in [5.74, 6) is 0. The second kappa shape index (κ2) is 6.35. The number of aromatic nitrogens is 2. The zero-order valence-electron chi connectivity index (χ0n) is 11.6. The predicted octanol–water partition coefficient (Wildman–Crippen LogP) is 4.08. The van der Waals surface area contributed by atoms with Crippen LogP contribution in [0.4, 0.5) is 0 Å². The third-order valence-electron chi connectivity index (χ3n) is 3.15. The van der Waals surface area contributed by atoms with Crippen molar-refractivity contribution in [1.82, 2.24) is 15.1 Å². The molecule has 0 aliphatic heterocycles. The van der Waals surface area contributed by atoms with Gasteiger partial charge in [0.25, 0.3) is 0 Å². The van der Waals surface area contributed by atoms with Gasteiger partial charge in [0.05, 0.1) is 5.69 Å². The monoisotopic (exact) mass is 321 g/mol. The number of benzene rings is 1. The van der Waals surface area contributed by atoms with Crippen LogP contribution in [-0.4, -0.2) is 9.78 Å². The number of halogens is 1. The van der Waals surface area contributed by atoms with Gasteiger partial charge in [-0.3, -0.25) is 4.68 Å². The Morgan fingerprint density at radius 1 is 1.21 bits per heavy atom. The Balaban J connectivity index is 1.96. The fourth-order valence-electron chi connectivity index (χ4n) is 1.95. The standard InChI is InChI=1S/C15H20BrN3/c1-11(2)19-9-8-13(18-19)10-17-12(3)14-6-4-5-7-15(14)16/h4-9,11-12,17H,10H2,1-3H3/t12-/m0/s1. The molecule has 1 aromatic carbocycles. The van der Waals surface area contributed by atoms with Crippen molar-refractivity contribution in [2.75, 3.05) is 0 Å².